The predicted molar refractivity (Wildman–Crippen MR) is 73.3 cm³/mol. The molecule has 20 heavy (non-hydrogen) atoms. The first-order chi connectivity index (χ1) is 9.61. The Morgan fingerprint density at radius 2 is 2.05 bits per heavy atom. The topological polar surface area (TPSA) is 43.5 Å². The fourth-order valence-corrected chi connectivity index (χ4v) is 2.37. The van der Waals surface area contributed by atoms with Crippen LogP contribution in [0.4, 0.5) is 4.39 Å². The third-order valence-corrected chi connectivity index (χ3v) is 3.29. The number of aldehydes is 1. The van der Waals surface area contributed by atoms with E-state index in [1.165, 1.54) is 28.8 Å². The second-order valence-electron chi connectivity index (χ2n) is 4.21. The molecule has 1 aromatic carbocycles. The van der Waals surface area contributed by atoms with Crippen molar-refractivity contribution in [3.05, 3.63) is 69.6 Å². The Morgan fingerprint density at radius 3 is 2.75 bits per heavy atom. The lowest BCUT2D eigenvalue weighted by molar-refractivity contribution is 0.111. The van der Waals surface area contributed by atoms with Crippen LogP contribution < -0.4 is 5.56 Å². The monoisotopic (exact) mass is 290 g/mol. The van der Waals surface area contributed by atoms with Crippen molar-refractivity contribution in [2.75, 3.05) is 0 Å². The van der Waals surface area contributed by atoms with E-state index >= 15 is 0 Å². The van der Waals surface area contributed by atoms with Crippen molar-refractivity contribution in [2.24, 2.45) is 0 Å². The molecule has 0 bridgehead atoms. The predicted octanol–water partition coefficient (Wildman–Crippen LogP) is 2.70. The summed E-state index contributed by atoms with van der Waals surface area (Å²) in [6.07, 6.45) is 3.60. The van der Waals surface area contributed by atoms with E-state index in [1.807, 2.05) is 0 Å². The first kappa shape index (κ1) is 12.6. The van der Waals surface area contributed by atoms with Crippen molar-refractivity contribution >= 4 is 23.4 Å². The summed E-state index contributed by atoms with van der Waals surface area (Å²) in [6.45, 7) is 0. The highest BCUT2D eigenvalue weighted by Crippen LogP contribution is 2.17. The maximum absolute atomic E-state index is 13.3. The van der Waals surface area contributed by atoms with Crippen molar-refractivity contribution in [1.82, 2.24) is 8.97 Å². The molecule has 0 unspecified atom stereocenters. The maximum Gasteiger partial charge on any atom is 0.281 e. The molecule has 0 aliphatic heterocycles. The lowest BCUT2D eigenvalue weighted by Crippen LogP contribution is -2.24. The fraction of sp³-hybridized carbons (Fsp3) is 0. The molecule has 0 saturated heterocycles. The number of rotatable bonds is 2. The zero-order chi connectivity index (χ0) is 14.3. The smallest absolute Gasteiger partial charge is 0.281 e. The van der Waals surface area contributed by atoms with Gasteiger partial charge in [-0.15, -0.1) is 0 Å². The van der Waals surface area contributed by atoms with Crippen LogP contribution in [0.25, 0.3) is 11.2 Å². The van der Waals surface area contributed by atoms with Gasteiger partial charge in [-0.3, -0.25) is 14.2 Å². The molecule has 3 aromatic rings. The Kier molecular flexibility index (Phi) is 2.91. The van der Waals surface area contributed by atoms with Gasteiger partial charge in [0, 0.05) is 12.4 Å². The summed E-state index contributed by atoms with van der Waals surface area (Å²) < 4.78 is 15.9. The van der Waals surface area contributed by atoms with Crippen molar-refractivity contribution < 1.29 is 9.18 Å². The number of carbonyl (C=O) groups excluding carboxylic acids is 1. The SMILES string of the molecule is O=Cc1cn2ccc(Cl)c2c(=O)n1-c1cccc(F)c1. The molecule has 6 heteroatoms. The Hall–Kier alpha value is -2.40. The molecule has 0 atom stereocenters. The number of hydrogen-bond donors (Lipinski definition) is 0. The van der Waals surface area contributed by atoms with Crippen LogP contribution in [-0.4, -0.2) is 15.3 Å². The lowest BCUT2D eigenvalue weighted by atomic mass is 10.3. The second-order valence-corrected chi connectivity index (χ2v) is 4.62. The van der Waals surface area contributed by atoms with Gasteiger partial charge in [0.2, 0.25) is 0 Å². The average Bonchev–Trinajstić information content (AvgIpc) is 2.80. The molecule has 2 heterocycles. The zero-order valence-corrected chi connectivity index (χ0v) is 10.8. The Balaban J connectivity index is 2.45. The number of benzene rings is 1. The van der Waals surface area contributed by atoms with E-state index in [4.69, 9.17) is 11.6 Å². The van der Waals surface area contributed by atoms with Crippen molar-refractivity contribution in [1.29, 1.82) is 0 Å². The minimum Gasteiger partial charge on any atom is -0.316 e. The summed E-state index contributed by atoms with van der Waals surface area (Å²) >= 11 is 5.97. The van der Waals surface area contributed by atoms with Crippen LogP contribution in [0.2, 0.25) is 5.02 Å². The van der Waals surface area contributed by atoms with E-state index in [-0.39, 0.29) is 21.9 Å². The Bertz CT molecular complexity index is 883. The lowest BCUT2D eigenvalue weighted by Gasteiger charge is -2.10. The summed E-state index contributed by atoms with van der Waals surface area (Å²) in [5.74, 6) is -0.493. The van der Waals surface area contributed by atoms with Crippen LogP contribution in [0.1, 0.15) is 10.5 Å². The molecule has 0 radical (unpaired) electrons. The summed E-state index contributed by atoms with van der Waals surface area (Å²) in [7, 11) is 0. The molecular formula is C14H8ClFN2O2. The summed E-state index contributed by atoms with van der Waals surface area (Å²) in [6, 6.07) is 7.02. The van der Waals surface area contributed by atoms with Crippen molar-refractivity contribution in [3.63, 3.8) is 0 Å². The summed E-state index contributed by atoms with van der Waals surface area (Å²) in [5, 5.41) is 0.276. The quantitative estimate of drug-likeness (QED) is 0.681. The van der Waals surface area contributed by atoms with Crippen LogP contribution in [0.3, 0.4) is 0 Å². The van der Waals surface area contributed by atoms with Crippen LogP contribution in [0.15, 0.2) is 47.5 Å². The Labute approximate surface area is 117 Å². The second kappa shape index (κ2) is 4.61. The summed E-state index contributed by atoms with van der Waals surface area (Å²) in [5.41, 5.74) is 0.147. The number of carbonyl (C=O) groups is 1. The molecule has 0 aliphatic carbocycles. The van der Waals surface area contributed by atoms with Gasteiger partial charge in [0.1, 0.15) is 17.0 Å². The zero-order valence-electron chi connectivity index (χ0n) is 10.1. The Morgan fingerprint density at radius 1 is 1.25 bits per heavy atom. The number of aromatic nitrogens is 2. The minimum atomic E-state index is -0.493. The van der Waals surface area contributed by atoms with Crippen LogP contribution in [0.5, 0.6) is 0 Å². The van der Waals surface area contributed by atoms with Gasteiger partial charge < -0.3 is 4.40 Å². The largest absolute Gasteiger partial charge is 0.316 e. The van der Waals surface area contributed by atoms with Gasteiger partial charge in [0.05, 0.1) is 10.7 Å². The van der Waals surface area contributed by atoms with Gasteiger partial charge in [-0.25, -0.2) is 4.39 Å². The summed E-state index contributed by atoms with van der Waals surface area (Å²) in [4.78, 5) is 23.7. The first-order valence-corrected chi connectivity index (χ1v) is 6.13. The molecule has 0 N–H and O–H groups in total. The average molecular weight is 291 g/mol. The molecule has 2 aromatic heterocycles. The van der Waals surface area contributed by atoms with Crippen molar-refractivity contribution in [2.45, 2.75) is 0 Å². The molecule has 3 rings (SSSR count). The maximum atomic E-state index is 13.3. The number of nitrogens with zero attached hydrogens (tertiary/aromatic N) is 2. The van der Waals surface area contributed by atoms with E-state index < -0.39 is 11.4 Å². The third kappa shape index (κ3) is 1.83. The fourth-order valence-electron chi connectivity index (χ4n) is 2.13. The van der Waals surface area contributed by atoms with E-state index in [1.54, 1.807) is 18.3 Å². The van der Waals surface area contributed by atoms with Gasteiger partial charge >= 0.3 is 0 Å². The highest BCUT2D eigenvalue weighted by atomic mass is 35.5. The van der Waals surface area contributed by atoms with Crippen LogP contribution in [-0.2, 0) is 0 Å². The first-order valence-electron chi connectivity index (χ1n) is 5.75. The van der Waals surface area contributed by atoms with Gasteiger partial charge in [0.25, 0.3) is 5.56 Å². The molecule has 100 valence electrons. The molecular weight excluding hydrogens is 283 g/mol. The molecule has 0 fully saturated rings. The molecule has 0 spiro atoms. The standard InChI is InChI=1S/C14H8ClFN2O2/c15-12-4-5-17-7-11(8-19)18(14(20)13(12)17)10-3-1-2-9(16)6-10/h1-8H. The number of fused-ring (bicyclic) bond motifs is 1. The van der Waals surface area contributed by atoms with Crippen molar-refractivity contribution in [3.8, 4) is 5.69 Å². The van der Waals surface area contributed by atoms with Gasteiger partial charge in [-0.1, -0.05) is 17.7 Å². The highest BCUT2D eigenvalue weighted by Gasteiger charge is 2.13. The van der Waals surface area contributed by atoms with Crippen LogP contribution in [0, 0.1) is 5.82 Å². The van der Waals surface area contributed by atoms with Gasteiger partial charge in [-0.2, -0.15) is 0 Å². The highest BCUT2D eigenvalue weighted by molar-refractivity contribution is 6.33. The van der Waals surface area contributed by atoms with E-state index in [2.05, 4.69) is 0 Å². The third-order valence-electron chi connectivity index (χ3n) is 2.99. The normalized spacial score (nSPS) is 10.9. The van der Waals surface area contributed by atoms with E-state index in [0.29, 0.717) is 6.29 Å². The number of halogens is 2. The van der Waals surface area contributed by atoms with Crippen LogP contribution >= 0.6 is 11.6 Å². The molecule has 4 nitrogen and oxygen atoms in total. The van der Waals surface area contributed by atoms with Gasteiger partial charge in [0.15, 0.2) is 6.29 Å². The van der Waals surface area contributed by atoms with Gasteiger partial charge in [-0.05, 0) is 24.3 Å². The number of hydrogen-bond acceptors (Lipinski definition) is 2. The van der Waals surface area contributed by atoms with E-state index in [0.717, 1.165) is 4.57 Å². The molecule has 0 amide bonds. The molecule has 0 aliphatic rings. The van der Waals surface area contributed by atoms with E-state index in [9.17, 15) is 14.0 Å². The minimum absolute atomic E-state index is 0.111. The molecule has 0 saturated carbocycles.